The molecule has 1 rings (SSSR count). The van der Waals surface area contributed by atoms with Crippen LogP contribution in [-0.2, 0) is 4.79 Å². The molecule has 0 unspecified atom stereocenters. The zero-order valence-electron chi connectivity index (χ0n) is 9.35. The van der Waals surface area contributed by atoms with Gasteiger partial charge in [0.05, 0.1) is 6.61 Å². The summed E-state index contributed by atoms with van der Waals surface area (Å²) in [5.74, 6) is -2.59. The number of nitrogens with zero attached hydrogens (tertiary/aromatic N) is 1. The molecule has 17 heavy (non-hydrogen) atoms. The molecule has 1 aromatic rings. The van der Waals surface area contributed by atoms with E-state index in [4.69, 9.17) is 10.2 Å². The minimum absolute atomic E-state index is 0.0304. The molecule has 7 nitrogen and oxygen atoms in total. The van der Waals surface area contributed by atoms with Crippen LogP contribution >= 0.6 is 0 Å². The Kier molecular flexibility index (Phi) is 3.87. The summed E-state index contributed by atoms with van der Waals surface area (Å²) in [4.78, 5) is 40.1. The van der Waals surface area contributed by atoms with Gasteiger partial charge in [-0.25, -0.2) is 4.98 Å². The summed E-state index contributed by atoms with van der Waals surface area (Å²) in [6.07, 6.45) is -1.76. The van der Waals surface area contributed by atoms with Gasteiger partial charge in [0.2, 0.25) is 5.78 Å². The molecule has 1 atom stereocenters. The quantitative estimate of drug-likeness (QED) is 0.449. The Morgan fingerprint density at radius 2 is 2.00 bits per heavy atom. The maximum absolute atomic E-state index is 11.6. The molecule has 0 radical (unpaired) electrons. The van der Waals surface area contributed by atoms with Crippen LogP contribution in [0.5, 0.6) is 0 Å². The number of nitrogens with one attached hydrogen (secondary N) is 1. The fourth-order valence-electron chi connectivity index (χ4n) is 1.20. The number of aliphatic hydroxyl groups excluding tert-OH is 2. The Morgan fingerprint density at radius 3 is 2.41 bits per heavy atom. The van der Waals surface area contributed by atoms with E-state index in [1.165, 1.54) is 13.8 Å². The third kappa shape index (κ3) is 2.63. The van der Waals surface area contributed by atoms with Crippen LogP contribution in [0.15, 0.2) is 0 Å². The summed E-state index contributed by atoms with van der Waals surface area (Å²) in [6.45, 7) is 1.90. The molecular formula is C10H12N2O5. The number of H-pyrrole nitrogens is 1. The maximum Gasteiger partial charge on any atom is 0.251 e. The Bertz CT molecular complexity index is 477. The molecule has 0 spiro atoms. The number of aliphatic hydroxyl groups is 2. The lowest BCUT2D eigenvalue weighted by molar-refractivity contribution is -0.124. The first kappa shape index (κ1) is 13.2. The van der Waals surface area contributed by atoms with Crippen LogP contribution in [0.2, 0.25) is 0 Å². The molecule has 0 aliphatic rings. The van der Waals surface area contributed by atoms with E-state index in [-0.39, 0.29) is 23.0 Å². The molecular weight excluding hydrogens is 228 g/mol. The number of ketones is 3. The molecule has 1 aromatic heterocycles. The fourth-order valence-corrected chi connectivity index (χ4v) is 1.20. The highest BCUT2D eigenvalue weighted by atomic mass is 16.3. The fraction of sp³-hybridized carbons (Fsp3) is 0.400. The highest BCUT2D eigenvalue weighted by Gasteiger charge is 2.27. The second kappa shape index (κ2) is 4.98. The van der Waals surface area contributed by atoms with E-state index < -0.39 is 24.3 Å². The third-order valence-electron chi connectivity index (χ3n) is 2.13. The number of aryl methyl sites for hydroxylation is 1. The summed E-state index contributed by atoms with van der Waals surface area (Å²) in [5.41, 5.74) is 0.0476. The Morgan fingerprint density at radius 1 is 1.41 bits per heavy atom. The van der Waals surface area contributed by atoms with Crippen molar-refractivity contribution in [3.8, 4) is 0 Å². The van der Waals surface area contributed by atoms with Crippen molar-refractivity contribution in [1.29, 1.82) is 0 Å². The summed E-state index contributed by atoms with van der Waals surface area (Å²) in [5, 5.41) is 17.6. The standard InChI is InChI=1S/C10H12N2O5/c1-4-7(12-10(11-4)5(2)14)9(17)8(16)6(15)3-13/h6,13,15H,3H2,1-2H3,(H,11,12)/t6-/m1/s1. The van der Waals surface area contributed by atoms with Crippen LogP contribution < -0.4 is 0 Å². The summed E-state index contributed by atoms with van der Waals surface area (Å²) >= 11 is 0. The smallest absolute Gasteiger partial charge is 0.251 e. The van der Waals surface area contributed by atoms with Gasteiger partial charge in [-0.2, -0.15) is 0 Å². The molecule has 1 heterocycles. The van der Waals surface area contributed by atoms with Gasteiger partial charge in [-0.15, -0.1) is 0 Å². The van der Waals surface area contributed by atoms with E-state index in [1.807, 2.05) is 0 Å². The van der Waals surface area contributed by atoms with E-state index in [0.29, 0.717) is 0 Å². The molecule has 0 fully saturated rings. The number of aromatic amines is 1. The lowest BCUT2D eigenvalue weighted by Gasteiger charge is -2.03. The number of carbonyl (C=O) groups excluding carboxylic acids is 3. The predicted molar refractivity (Wildman–Crippen MR) is 55.8 cm³/mol. The number of hydrogen-bond donors (Lipinski definition) is 3. The van der Waals surface area contributed by atoms with Gasteiger partial charge < -0.3 is 15.2 Å². The van der Waals surface area contributed by atoms with Gasteiger partial charge in [0.15, 0.2) is 11.6 Å². The van der Waals surface area contributed by atoms with Gasteiger partial charge >= 0.3 is 0 Å². The van der Waals surface area contributed by atoms with Gasteiger partial charge in [-0.05, 0) is 6.92 Å². The van der Waals surface area contributed by atoms with Crippen molar-refractivity contribution in [1.82, 2.24) is 9.97 Å². The summed E-state index contributed by atoms with van der Waals surface area (Å²) in [7, 11) is 0. The number of hydrogen-bond acceptors (Lipinski definition) is 6. The van der Waals surface area contributed by atoms with Crippen molar-refractivity contribution in [2.45, 2.75) is 20.0 Å². The monoisotopic (exact) mass is 240 g/mol. The predicted octanol–water partition coefficient (Wildman–Crippen LogP) is -0.974. The van der Waals surface area contributed by atoms with Crippen molar-refractivity contribution in [2.75, 3.05) is 6.61 Å². The van der Waals surface area contributed by atoms with Gasteiger partial charge in [-0.1, -0.05) is 0 Å². The third-order valence-corrected chi connectivity index (χ3v) is 2.13. The zero-order chi connectivity index (χ0) is 13.2. The molecule has 0 saturated carbocycles. The Labute approximate surface area is 96.5 Å². The first-order valence-corrected chi connectivity index (χ1v) is 4.83. The molecule has 0 aromatic carbocycles. The molecule has 0 amide bonds. The highest BCUT2D eigenvalue weighted by Crippen LogP contribution is 2.08. The van der Waals surface area contributed by atoms with E-state index >= 15 is 0 Å². The lowest BCUT2D eigenvalue weighted by Crippen LogP contribution is -2.31. The van der Waals surface area contributed by atoms with Gasteiger partial charge in [-0.3, -0.25) is 14.4 Å². The lowest BCUT2D eigenvalue weighted by atomic mass is 10.1. The maximum atomic E-state index is 11.6. The summed E-state index contributed by atoms with van der Waals surface area (Å²) in [6, 6.07) is 0. The van der Waals surface area contributed by atoms with Crippen LogP contribution in [0.3, 0.4) is 0 Å². The number of Topliss-reactive ketones (excluding diaryl/α,β-unsaturated/α-hetero) is 3. The Balaban J connectivity index is 3.05. The van der Waals surface area contributed by atoms with Gasteiger partial charge in [0.25, 0.3) is 5.78 Å². The first-order chi connectivity index (χ1) is 7.88. The van der Waals surface area contributed by atoms with Crippen LogP contribution in [0.1, 0.15) is 33.7 Å². The van der Waals surface area contributed by atoms with Crippen molar-refractivity contribution >= 4 is 17.3 Å². The molecule has 0 saturated heterocycles. The molecule has 0 bridgehead atoms. The van der Waals surface area contributed by atoms with Crippen molar-refractivity contribution in [2.24, 2.45) is 0 Å². The van der Waals surface area contributed by atoms with Gasteiger partial charge in [0, 0.05) is 12.6 Å². The average Bonchev–Trinajstić information content (AvgIpc) is 2.68. The molecule has 92 valence electrons. The number of aromatic nitrogens is 2. The topological polar surface area (TPSA) is 120 Å². The minimum Gasteiger partial charge on any atom is -0.393 e. The van der Waals surface area contributed by atoms with Crippen LogP contribution in [0, 0.1) is 6.92 Å². The number of carbonyl (C=O) groups is 3. The first-order valence-electron chi connectivity index (χ1n) is 4.83. The molecule has 7 heteroatoms. The van der Waals surface area contributed by atoms with E-state index in [0.717, 1.165) is 0 Å². The minimum atomic E-state index is -1.76. The normalized spacial score (nSPS) is 12.2. The molecule has 3 N–H and O–H groups in total. The van der Waals surface area contributed by atoms with Gasteiger partial charge in [0.1, 0.15) is 11.8 Å². The van der Waals surface area contributed by atoms with E-state index in [9.17, 15) is 14.4 Å². The summed E-state index contributed by atoms with van der Waals surface area (Å²) < 4.78 is 0. The molecule has 0 aliphatic heterocycles. The number of rotatable bonds is 5. The SMILES string of the molecule is CC(=O)c1nc(C(=O)C(=O)[C@H](O)CO)c(C)[nH]1. The average molecular weight is 240 g/mol. The Hall–Kier alpha value is -1.86. The van der Waals surface area contributed by atoms with Crippen molar-refractivity contribution in [3.05, 3.63) is 17.2 Å². The highest BCUT2D eigenvalue weighted by molar-refractivity contribution is 6.44. The zero-order valence-corrected chi connectivity index (χ0v) is 9.35. The second-order valence-electron chi connectivity index (χ2n) is 3.51. The van der Waals surface area contributed by atoms with E-state index in [1.54, 1.807) is 0 Å². The van der Waals surface area contributed by atoms with Crippen LogP contribution in [-0.4, -0.2) is 50.2 Å². The van der Waals surface area contributed by atoms with E-state index in [2.05, 4.69) is 9.97 Å². The van der Waals surface area contributed by atoms with Crippen LogP contribution in [0.25, 0.3) is 0 Å². The van der Waals surface area contributed by atoms with Crippen molar-refractivity contribution in [3.63, 3.8) is 0 Å². The van der Waals surface area contributed by atoms with Crippen molar-refractivity contribution < 1.29 is 24.6 Å². The van der Waals surface area contributed by atoms with Crippen LogP contribution in [0.4, 0.5) is 0 Å². The number of imidazole rings is 1. The second-order valence-corrected chi connectivity index (χ2v) is 3.51. The molecule has 0 aliphatic carbocycles. The largest absolute Gasteiger partial charge is 0.393 e.